The van der Waals surface area contributed by atoms with Crippen molar-refractivity contribution >= 4 is 23.1 Å². The lowest BCUT2D eigenvalue weighted by Crippen LogP contribution is -2.10. The predicted octanol–water partition coefficient (Wildman–Crippen LogP) is 2.96. The lowest BCUT2D eigenvalue weighted by Gasteiger charge is -2.09. The molecule has 1 aromatic heterocycles. The number of rotatable bonds is 8. The molecule has 0 radical (unpaired) electrons. The maximum atomic E-state index is 11.0. The largest absolute Gasteiger partial charge is 0.379 e. The van der Waals surface area contributed by atoms with Gasteiger partial charge in [0, 0.05) is 13.2 Å². The molecule has 20 heavy (non-hydrogen) atoms. The minimum absolute atomic E-state index is 0.00117. The van der Waals surface area contributed by atoms with Crippen LogP contribution in [0.2, 0.25) is 5.28 Å². The van der Waals surface area contributed by atoms with E-state index < -0.39 is 4.92 Å². The molecule has 0 unspecified atom stereocenters. The quantitative estimate of drug-likeness (QED) is 0.343. The Balaban J connectivity index is 2.53. The molecule has 0 spiro atoms. The van der Waals surface area contributed by atoms with Crippen molar-refractivity contribution in [3.05, 3.63) is 21.1 Å². The number of nitrogens with zero attached hydrogens (tertiary/aromatic N) is 3. The summed E-state index contributed by atoms with van der Waals surface area (Å²) in [4.78, 5) is 18.1. The van der Waals surface area contributed by atoms with E-state index in [9.17, 15) is 10.1 Å². The van der Waals surface area contributed by atoms with E-state index in [1.54, 1.807) is 0 Å². The van der Waals surface area contributed by atoms with E-state index in [0.717, 1.165) is 12.8 Å². The SMILES string of the molecule is Cc1nc(Cl)nc(NCCCCOC(C)C)c1[N+](=O)[O-]. The number of aromatic nitrogens is 2. The van der Waals surface area contributed by atoms with Crippen molar-refractivity contribution in [1.82, 2.24) is 9.97 Å². The van der Waals surface area contributed by atoms with Crippen molar-refractivity contribution in [1.29, 1.82) is 0 Å². The van der Waals surface area contributed by atoms with Crippen LogP contribution in [0, 0.1) is 17.0 Å². The summed E-state index contributed by atoms with van der Waals surface area (Å²) in [5.74, 6) is 0.164. The Kier molecular flexibility index (Phi) is 6.60. The zero-order valence-corrected chi connectivity index (χ0v) is 12.6. The lowest BCUT2D eigenvalue weighted by atomic mass is 10.3. The number of nitro groups is 1. The van der Waals surface area contributed by atoms with Gasteiger partial charge in [-0.15, -0.1) is 0 Å². The Bertz CT molecular complexity index is 468. The maximum Gasteiger partial charge on any atom is 0.332 e. The molecule has 7 nitrogen and oxygen atoms in total. The molecule has 0 saturated carbocycles. The number of ether oxygens (including phenoxy) is 1. The highest BCUT2D eigenvalue weighted by Gasteiger charge is 2.21. The van der Waals surface area contributed by atoms with Crippen LogP contribution in [0.4, 0.5) is 11.5 Å². The summed E-state index contributed by atoms with van der Waals surface area (Å²) in [6.07, 6.45) is 1.91. The fourth-order valence-electron chi connectivity index (χ4n) is 1.63. The number of hydrogen-bond acceptors (Lipinski definition) is 6. The van der Waals surface area contributed by atoms with Crippen LogP contribution in [0.5, 0.6) is 0 Å². The number of halogens is 1. The summed E-state index contributed by atoms with van der Waals surface area (Å²) in [6, 6.07) is 0. The second kappa shape index (κ2) is 7.96. The molecule has 1 heterocycles. The first kappa shape index (κ1) is 16.6. The van der Waals surface area contributed by atoms with Crippen LogP contribution < -0.4 is 5.32 Å². The molecule has 0 atom stereocenters. The zero-order chi connectivity index (χ0) is 15.1. The van der Waals surface area contributed by atoms with Gasteiger partial charge >= 0.3 is 5.69 Å². The van der Waals surface area contributed by atoms with Crippen molar-refractivity contribution < 1.29 is 9.66 Å². The number of nitrogens with one attached hydrogen (secondary N) is 1. The van der Waals surface area contributed by atoms with E-state index in [4.69, 9.17) is 16.3 Å². The molecular weight excluding hydrogens is 284 g/mol. The predicted molar refractivity (Wildman–Crippen MR) is 77.2 cm³/mol. The third-order valence-electron chi connectivity index (χ3n) is 2.53. The van der Waals surface area contributed by atoms with Gasteiger partial charge in [0.1, 0.15) is 5.69 Å². The third kappa shape index (κ3) is 5.26. The Labute approximate surface area is 122 Å². The average molecular weight is 303 g/mol. The molecule has 0 aliphatic rings. The number of hydrogen-bond donors (Lipinski definition) is 1. The Hall–Kier alpha value is -1.47. The molecule has 0 saturated heterocycles. The van der Waals surface area contributed by atoms with Gasteiger partial charge in [-0.1, -0.05) is 0 Å². The van der Waals surface area contributed by atoms with Gasteiger partial charge in [0.25, 0.3) is 0 Å². The van der Waals surface area contributed by atoms with Crippen molar-refractivity contribution in [3.8, 4) is 0 Å². The van der Waals surface area contributed by atoms with Gasteiger partial charge < -0.3 is 10.1 Å². The summed E-state index contributed by atoms with van der Waals surface area (Å²) >= 11 is 5.72. The third-order valence-corrected chi connectivity index (χ3v) is 2.70. The lowest BCUT2D eigenvalue weighted by molar-refractivity contribution is -0.385. The van der Waals surface area contributed by atoms with E-state index >= 15 is 0 Å². The monoisotopic (exact) mass is 302 g/mol. The van der Waals surface area contributed by atoms with Gasteiger partial charge in [0.2, 0.25) is 11.1 Å². The van der Waals surface area contributed by atoms with Crippen LogP contribution in [0.1, 0.15) is 32.4 Å². The van der Waals surface area contributed by atoms with Gasteiger partial charge in [-0.25, -0.2) is 4.98 Å². The van der Waals surface area contributed by atoms with E-state index in [0.29, 0.717) is 13.2 Å². The minimum Gasteiger partial charge on any atom is -0.379 e. The van der Waals surface area contributed by atoms with Crippen LogP contribution in [-0.4, -0.2) is 34.1 Å². The first-order valence-corrected chi connectivity index (χ1v) is 6.83. The fraction of sp³-hybridized carbons (Fsp3) is 0.667. The molecule has 1 N–H and O–H groups in total. The first-order chi connectivity index (χ1) is 9.41. The molecule has 1 rings (SSSR count). The van der Waals surface area contributed by atoms with E-state index in [1.165, 1.54) is 6.92 Å². The number of anilines is 1. The summed E-state index contributed by atoms with van der Waals surface area (Å²) < 4.78 is 5.41. The second-order valence-electron chi connectivity index (χ2n) is 4.59. The standard InChI is InChI=1S/C12H19ClN4O3/c1-8(2)20-7-5-4-6-14-11-10(17(18)19)9(3)15-12(13)16-11/h8H,4-7H2,1-3H3,(H,14,15,16). The molecule has 0 aliphatic carbocycles. The van der Waals surface area contributed by atoms with Crippen LogP contribution in [-0.2, 0) is 4.74 Å². The number of aryl methyl sites for hydroxylation is 1. The van der Waals surface area contributed by atoms with Crippen LogP contribution in [0.25, 0.3) is 0 Å². The number of unbranched alkanes of at least 4 members (excludes halogenated alkanes) is 1. The highest BCUT2D eigenvalue weighted by atomic mass is 35.5. The van der Waals surface area contributed by atoms with Crippen LogP contribution in [0.15, 0.2) is 0 Å². The first-order valence-electron chi connectivity index (χ1n) is 6.45. The van der Waals surface area contributed by atoms with Gasteiger partial charge in [0.15, 0.2) is 0 Å². The molecular formula is C12H19ClN4O3. The molecule has 0 aliphatic heterocycles. The van der Waals surface area contributed by atoms with Crippen molar-refractivity contribution in [3.63, 3.8) is 0 Å². The van der Waals surface area contributed by atoms with Gasteiger partial charge in [-0.2, -0.15) is 4.98 Å². The van der Waals surface area contributed by atoms with Gasteiger partial charge in [-0.05, 0) is 45.2 Å². The molecule has 0 amide bonds. The van der Waals surface area contributed by atoms with Crippen molar-refractivity contribution in [2.24, 2.45) is 0 Å². The highest BCUT2D eigenvalue weighted by molar-refractivity contribution is 6.28. The topological polar surface area (TPSA) is 90.2 Å². The van der Waals surface area contributed by atoms with Crippen molar-refractivity contribution in [2.75, 3.05) is 18.5 Å². The summed E-state index contributed by atoms with van der Waals surface area (Å²) in [6.45, 7) is 6.73. The zero-order valence-electron chi connectivity index (χ0n) is 11.9. The second-order valence-corrected chi connectivity index (χ2v) is 4.92. The minimum atomic E-state index is -0.504. The van der Waals surface area contributed by atoms with E-state index in [1.807, 2.05) is 13.8 Å². The van der Waals surface area contributed by atoms with Crippen LogP contribution >= 0.6 is 11.6 Å². The molecule has 1 aromatic rings. The normalized spacial score (nSPS) is 10.8. The highest BCUT2D eigenvalue weighted by Crippen LogP contribution is 2.26. The summed E-state index contributed by atoms with van der Waals surface area (Å²) in [7, 11) is 0. The Morgan fingerprint density at radius 2 is 2.10 bits per heavy atom. The van der Waals surface area contributed by atoms with Crippen LogP contribution in [0.3, 0.4) is 0 Å². The molecule has 0 aromatic carbocycles. The van der Waals surface area contributed by atoms with E-state index in [-0.39, 0.29) is 28.6 Å². The van der Waals surface area contributed by atoms with Crippen molar-refractivity contribution in [2.45, 2.75) is 39.7 Å². The Morgan fingerprint density at radius 3 is 2.70 bits per heavy atom. The van der Waals surface area contributed by atoms with Gasteiger partial charge in [-0.3, -0.25) is 10.1 Å². The smallest absolute Gasteiger partial charge is 0.332 e. The molecule has 0 fully saturated rings. The fourth-order valence-corrected chi connectivity index (χ4v) is 1.84. The average Bonchev–Trinajstić information content (AvgIpc) is 2.31. The maximum absolute atomic E-state index is 11.0. The van der Waals surface area contributed by atoms with E-state index in [2.05, 4.69) is 15.3 Å². The van der Waals surface area contributed by atoms with Gasteiger partial charge in [0.05, 0.1) is 11.0 Å². The molecule has 0 bridgehead atoms. The Morgan fingerprint density at radius 1 is 1.40 bits per heavy atom. The summed E-state index contributed by atoms with van der Waals surface area (Å²) in [5, 5.41) is 13.9. The molecule has 8 heteroatoms. The molecule has 112 valence electrons. The summed E-state index contributed by atoms with van der Waals surface area (Å²) in [5.41, 5.74) is 0.119.